The van der Waals surface area contributed by atoms with Gasteiger partial charge in [-0.3, -0.25) is 5.01 Å². The number of anilines is 2. The molecule has 0 aliphatic carbocycles. The second kappa shape index (κ2) is 4.63. The van der Waals surface area contributed by atoms with Gasteiger partial charge in [0.2, 0.25) is 0 Å². The van der Waals surface area contributed by atoms with Crippen LogP contribution in [0.25, 0.3) is 0 Å². The van der Waals surface area contributed by atoms with Crippen LogP contribution >= 0.6 is 0 Å². The Hall–Kier alpha value is -1.24. The lowest BCUT2D eigenvalue weighted by Gasteiger charge is -2.32. The highest BCUT2D eigenvalue weighted by atomic mass is 16.7. The molecular formula is C15H24BN3O2. The van der Waals surface area contributed by atoms with Crippen LogP contribution in [0.3, 0.4) is 0 Å². The number of benzene rings is 1. The first-order chi connectivity index (χ1) is 9.71. The predicted molar refractivity (Wildman–Crippen MR) is 86.5 cm³/mol. The van der Waals surface area contributed by atoms with Crippen molar-refractivity contribution in [3.05, 3.63) is 18.2 Å². The monoisotopic (exact) mass is 289 g/mol. The van der Waals surface area contributed by atoms with Crippen LogP contribution < -0.4 is 21.4 Å². The first kappa shape index (κ1) is 14.7. The SMILES string of the molecule is CC(C)N1NNc2cc(B3OC(C)(C)C(C)(C)O3)ccc21. The van der Waals surface area contributed by atoms with E-state index in [1.54, 1.807) is 0 Å². The largest absolute Gasteiger partial charge is 0.494 e. The van der Waals surface area contributed by atoms with E-state index >= 15 is 0 Å². The van der Waals surface area contributed by atoms with E-state index in [-0.39, 0.29) is 18.3 Å². The summed E-state index contributed by atoms with van der Waals surface area (Å²) >= 11 is 0. The Labute approximate surface area is 127 Å². The number of nitrogens with one attached hydrogen (secondary N) is 2. The van der Waals surface area contributed by atoms with E-state index < -0.39 is 0 Å². The number of fused-ring (bicyclic) bond motifs is 1. The summed E-state index contributed by atoms with van der Waals surface area (Å²) in [5, 5.41) is 2.10. The molecule has 2 N–H and O–H groups in total. The molecule has 1 aromatic rings. The minimum atomic E-state index is -0.324. The normalized spacial score (nSPS) is 22.6. The molecule has 0 spiro atoms. The molecule has 1 aromatic carbocycles. The molecule has 0 aromatic heterocycles. The number of hydrazine groups is 2. The third-order valence-corrected chi connectivity index (χ3v) is 4.63. The summed E-state index contributed by atoms with van der Waals surface area (Å²) in [5.41, 5.74) is 8.98. The Morgan fingerprint density at radius 2 is 1.71 bits per heavy atom. The molecule has 114 valence electrons. The van der Waals surface area contributed by atoms with Gasteiger partial charge in [0.25, 0.3) is 0 Å². The third-order valence-electron chi connectivity index (χ3n) is 4.63. The quantitative estimate of drug-likeness (QED) is 0.816. The van der Waals surface area contributed by atoms with Gasteiger partial charge in [0.1, 0.15) is 0 Å². The highest BCUT2D eigenvalue weighted by molar-refractivity contribution is 6.62. The average molecular weight is 289 g/mol. The van der Waals surface area contributed by atoms with Gasteiger partial charge < -0.3 is 14.7 Å². The van der Waals surface area contributed by atoms with Crippen LogP contribution in [0.2, 0.25) is 0 Å². The van der Waals surface area contributed by atoms with Crippen molar-refractivity contribution in [3.63, 3.8) is 0 Å². The molecule has 2 aliphatic heterocycles. The van der Waals surface area contributed by atoms with Crippen molar-refractivity contribution in [2.75, 3.05) is 10.4 Å². The minimum absolute atomic E-state index is 0.313. The maximum absolute atomic E-state index is 6.10. The number of rotatable bonds is 2. The second-order valence-corrected chi connectivity index (χ2v) is 7.07. The standard InChI is InChI=1S/C15H24BN3O2/c1-10(2)19-13-8-7-11(9-12(13)17-18-19)16-20-14(3,4)15(5,6)21-16/h7-10,17-18H,1-6H3. The Morgan fingerprint density at radius 1 is 1.10 bits per heavy atom. The maximum Gasteiger partial charge on any atom is 0.494 e. The Kier molecular flexibility index (Phi) is 3.24. The molecule has 2 heterocycles. The maximum atomic E-state index is 6.10. The van der Waals surface area contributed by atoms with Crippen molar-refractivity contribution in [2.24, 2.45) is 0 Å². The van der Waals surface area contributed by atoms with Crippen LogP contribution in [-0.4, -0.2) is 24.4 Å². The molecule has 0 atom stereocenters. The summed E-state index contributed by atoms with van der Waals surface area (Å²) < 4.78 is 12.2. The summed E-state index contributed by atoms with van der Waals surface area (Å²) in [7, 11) is -0.324. The van der Waals surface area contributed by atoms with E-state index in [2.05, 4.69) is 75.7 Å². The molecular weight excluding hydrogens is 265 g/mol. The van der Waals surface area contributed by atoms with E-state index in [1.165, 1.54) is 0 Å². The second-order valence-electron chi connectivity index (χ2n) is 7.07. The van der Waals surface area contributed by atoms with Gasteiger partial charge in [0, 0.05) is 6.04 Å². The van der Waals surface area contributed by atoms with Crippen molar-refractivity contribution in [1.82, 2.24) is 5.53 Å². The lowest BCUT2D eigenvalue weighted by molar-refractivity contribution is 0.00578. The zero-order valence-corrected chi connectivity index (χ0v) is 13.7. The Bertz CT molecular complexity index is 544. The molecule has 1 fully saturated rings. The van der Waals surface area contributed by atoms with Gasteiger partial charge in [0.05, 0.1) is 22.6 Å². The fourth-order valence-corrected chi connectivity index (χ4v) is 2.58. The molecule has 1 saturated heterocycles. The summed E-state index contributed by atoms with van der Waals surface area (Å²) in [6.45, 7) is 12.6. The van der Waals surface area contributed by atoms with E-state index in [1.807, 2.05) is 0 Å². The summed E-state index contributed by atoms with van der Waals surface area (Å²) in [6.07, 6.45) is 0. The lowest BCUT2D eigenvalue weighted by atomic mass is 9.79. The van der Waals surface area contributed by atoms with Gasteiger partial charge >= 0.3 is 7.12 Å². The smallest absolute Gasteiger partial charge is 0.399 e. The van der Waals surface area contributed by atoms with Gasteiger partial charge in [-0.2, -0.15) is 0 Å². The number of nitrogens with zero attached hydrogens (tertiary/aromatic N) is 1. The van der Waals surface area contributed by atoms with Gasteiger partial charge in [-0.05, 0) is 59.1 Å². The Morgan fingerprint density at radius 3 is 2.29 bits per heavy atom. The van der Waals surface area contributed by atoms with Crippen LogP contribution in [0.15, 0.2) is 18.2 Å². The van der Waals surface area contributed by atoms with Crippen LogP contribution in [-0.2, 0) is 9.31 Å². The number of hydrogen-bond acceptors (Lipinski definition) is 5. The van der Waals surface area contributed by atoms with E-state index in [0.29, 0.717) is 6.04 Å². The summed E-state index contributed by atoms with van der Waals surface area (Å²) in [5.74, 6) is 0. The first-order valence-corrected chi connectivity index (χ1v) is 7.52. The van der Waals surface area contributed by atoms with Gasteiger partial charge in [-0.15, -0.1) is 5.53 Å². The molecule has 0 bridgehead atoms. The van der Waals surface area contributed by atoms with Crippen molar-refractivity contribution in [2.45, 2.75) is 58.8 Å². The van der Waals surface area contributed by atoms with Crippen LogP contribution in [0.1, 0.15) is 41.5 Å². The van der Waals surface area contributed by atoms with Crippen molar-refractivity contribution >= 4 is 24.0 Å². The average Bonchev–Trinajstić information content (AvgIpc) is 2.87. The number of hydrogen-bond donors (Lipinski definition) is 2. The van der Waals surface area contributed by atoms with Crippen molar-refractivity contribution in [3.8, 4) is 0 Å². The predicted octanol–water partition coefficient (Wildman–Crippen LogP) is 2.05. The van der Waals surface area contributed by atoms with E-state index in [9.17, 15) is 0 Å². The molecule has 0 radical (unpaired) electrons. The minimum Gasteiger partial charge on any atom is -0.399 e. The molecule has 0 saturated carbocycles. The third kappa shape index (κ3) is 2.31. The molecule has 0 unspecified atom stereocenters. The highest BCUT2D eigenvalue weighted by Gasteiger charge is 2.51. The summed E-state index contributed by atoms with van der Waals surface area (Å²) in [6, 6.07) is 6.64. The lowest BCUT2D eigenvalue weighted by Crippen LogP contribution is -2.41. The van der Waals surface area contributed by atoms with Crippen LogP contribution in [0.4, 0.5) is 11.4 Å². The molecule has 6 heteroatoms. The molecule has 0 amide bonds. The summed E-state index contributed by atoms with van der Waals surface area (Å²) in [4.78, 5) is 0. The fourth-order valence-electron chi connectivity index (χ4n) is 2.58. The van der Waals surface area contributed by atoms with E-state index in [0.717, 1.165) is 16.8 Å². The molecule has 21 heavy (non-hydrogen) atoms. The van der Waals surface area contributed by atoms with Crippen LogP contribution in [0.5, 0.6) is 0 Å². The topological polar surface area (TPSA) is 45.8 Å². The highest BCUT2D eigenvalue weighted by Crippen LogP contribution is 2.37. The van der Waals surface area contributed by atoms with Gasteiger partial charge in [0.15, 0.2) is 0 Å². The Balaban J connectivity index is 1.87. The molecule has 3 rings (SSSR count). The zero-order valence-electron chi connectivity index (χ0n) is 13.7. The fraction of sp³-hybridized carbons (Fsp3) is 0.600. The van der Waals surface area contributed by atoms with E-state index in [4.69, 9.17) is 9.31 Å². The van der Waals surface area contributed by atoms with Gasteiger partial charge in [-0.1, -0.05) is 6.07 Å². The van der Waals surface area contributed by atoms with Crippen molar-refractivity contribution in [1.29, 1.82) is 0 Å². The van der Waals surface area contributed by atoms with Crippen molar-refractivity contribution < 1.29 is 9.31 Å². The molecule has 5 nitrogen and oxygen atoms in total. The molecule has 2 aliphatic rings. The zero-order chi connectivity index (χ0) is 15.4. The first-order valence-electron chi connectivity index (χ1n) is 7.52. The van der Waals surface area contributed by atoms with Gasteiger partial charge in [-0.25, -0.2) is 0 Å². The van der Waals surface area contributed by atoms with Crippen LogP contribution in [0, 0.1) is 0 Å².